The van der Waals surface area contributed by atoms with Crippen LogP contribution in [0.2, 0.25) is 0 Å². The van der Waals surface area contributed by atoms with E-state index in [1.165, 1.54) is 0 Å². The van der Waals surface area contributed by atoms with Gasteiger partial charge in [0.2, 0.25) is 10.0 Å². The van der Waals surface area contributed by atoms with Gasteiger partial charge < -0.3 is 4.74 Å². The van der Waals surface area contributed by atoms with Gasteiger partial charge in [-0.1, -0.05) is 6.58 Å². The van der Waals surface area contributed by atoms with Gasteiger partial charge in [0.05, 0.1) is 6.26 Å². The van der Waals surface area contributed by atoms with Crippen LogP contribution in [0.5, 0.6) is 0 Å². The van der Waals surface area contributed by atoms with Crippen molar-refractivity contribution in [1.29, 1.82) is 0 Å². The molecule has 1 heterocycles. The molecule has 0 bridgehead atoms. The maximum Gasteiger partial charge on any atom is 0.429 e. The van der Waals surface area contributed by atoms with Crippen LogP contribution in [0.3, 0.4) is 0 Å². The Kier molecular flexibility index (Phi) is 1.95. The molecule has 0 spiro atoms. The van der Waals surface area contributed by atoms with E-state index in [1.54, 1.807) is 0 Å². The topological polar surface area (TPSA) is 63.7 Å². The molecule has 0 saturated carbocycles. The molecule has 1 rings (SSSR count). The Morgan fingerprint density at radius 2 is 2.25 bits per heavy atom. The second kappa shape index (κ2) is 2.66. The Bertz CT molecular complexity index is 363. The molecule has 0 N–H and O–H groups in total. The highest BCUT2D eigenvalue weighted by Gasteiger charge is 2.34. The zero-order valence-corrected chi connectivity index (χ0v) is 7.22. The summed E-state index contributed by atoms with van der Waals surface area (Å²) in [5.41, 5.74) is 2.45. The number of nitrogens with zero attached hydrogens (tertiary/aromatic N) is 1. The Morgan fingerprint density at radius 1 is 1.67 bits per heavy atom. The van der Waals surface area contributed by atoms with Crippen LogP contribution in [0.15, 0.2) is 18.0 Å². The van der Waals surface area contributed by atoms with Gasteiger partial charge in [0.25, 0.3) is 0 Å². The Hall–Kier alpha value is -1.26. The molecule has 6 heteroatoms. The van der Waals surface area contributed by atoms with Crippen LogP contribution in [-0.2, 0) is 14.8 Å². The highest BCUT2D eigenvalue weighted by atomic mass is 32.2. The Labute approximate surface area is 70.0 Å². The van der Waals surface area contributed by atoms with Crippen molar-refractivity contribution in [2.75, 3.05) is 12.9 Å². The van der Waals surface area contributed by atoms with Gasteiger partial charge >= 0.3 is 6.09 Å². The predicted molar refractivity (Wildman–Crippen MR) is 40.7 cm³/mol. The van der Waals surface area contributed by atoms with E-state index in [0.29, 0.717) is 4.31 Å². The van der Waals surface area contributed by atoms with Crippen molar-refractivity contribution in [3.05, 3.63) is 18.0 Å². The van der Waals surface area contributed by atoms with Gasteiger partial charge in [-0.3, -0.25) is 0 Å². The van der Waals surface area contributed by atoms with E-state index in [2.05, 4.69) is 17.0 Å². The summed E-state index contributed by atoms with van der Waals surface area (Å²) in [5, 5.41) is 0. The fourth-order valence-corrected chi connectivity index (χ4v) is 1.66. The molecule has 0 aliphatic carbocycles. The number of hydrogen-bond donors (Lipinski definition) is 0. The molecule has 1 fully saturated rings. The van der Waals surface area contributed by atoms with Gasteiger partial charge in [-0.15, -0.1) is 5.73 Å². The second-order valence-corrected chi connectivity index (χ2v) is 4.04. The lowest BCUT2D eigenvalue weighted by Gasteiger charge is -2.08. The van der Waals surface area contributed by atoms with Crippen molar-refractivity contribution >= 4 is 16.1 Å². The zero-order valence-electron chi connectivity index (χ0n) is 6.40. The van der Waals surface area contributed by atoms with Gasteiger partial charge in [0.1, 0.15) is 12.3 Å². The van der Waals surface area contributed by atoms with Gasteiger partial charge in [0, 0.05) is 0 Å². The van der Waals surface area contributed by atoms with Crippen molar-refractivity contribution in [3.8, 4) is 0 Å². The first-order valence-electron chi connectivity index (χ1n) is 3.03. The molecule has 0 unspecified atom stereocenters. The fourth-order valence-electron chi connectivity index (χ4n) is 0.816. The molecular weight excluding hydrogens is 182 g/mol. The lowest BCUT2D eigenvalue weighted by molar-refractivity contribution is 0.170. The van der Waals surface area contributed by atoms with Crippen LogP contribution in [-0.4, -0.2) is 31.7 Å². The lowest BCUT2D eigenvalue weighted by Crippen LogP contribution is -2.28. The molecule has 0 atom stereocenters. The molecule has 1 saturated heterocycles. The number of rotatable bonds is 1. The van der Waals surface area contributed by atoms with Crippen molar-refractivity contribution in [2.24, 2.45) is 0 Å². The number of amides is 1. The summed E-state index contributed by atoms with van der Waals surface area (Å²) in [6, 6.07) is 0. The van der Waals surface area contributed by atoms with Crippen LogP contribution < -0.4 is 0 Å². The molecule has 0 aromatic carbocycles. The first-order chi connectivity index (χ1) is 5.46. The van der Waals surface area contributed by atoms with Crippen LogP contribution in [0.1, 0.15) is 0 Å². The summed E-state index contributed by atoms with van der Waals surface area (Å²) in [7, 11) is -3.59. The number of carbonyl (C=O) groups excluding carboxylic acids is 1. The van der Waals surface area contributed by atoms with Crippen molar-refractivity contribution in [1.82, 2.24) is 4.31 Å². The maximum absolute atomic E-state index is 10.9. The molecule has 12 heavy (non-hydrogen) atoms. The molecule has 1 aliphatic rings. The average molecular weight is 189 g/mol. The third kappa shape index (κ3) is 1.34. The minimum Gasteiger partial charge on any atom is -0.441 e. The van der Waals surface area contributed by atoms with Crippen molar-refractivity contribution in [3.63, 3.8) is 0 Å². The van der Waals surface area contributed by atoms with E-state index in [0.717, 1.165) is 6.26 Å². The normalized spacial score (nSPS) is 17.6. The number of cyclic esters (lactones) is 1. The number of ether oxygens (including phenoxy) is 1. The first-order valence-corrected chi connectivity index (χ1v) is 4.87. The number of carbonyl (C=O) groups is 1. The van der Waals surface area contributed by atoms with E-state index in [-0.39, 0.29) is 12.3 Å². The molecule has 5 nitrogen and oxygen atoms in total. The van der Waals surface area contributed by atoms with E-state index >= 15 is 0 Å². The van der Waals surface area contributed by atoms with Crippen LogP contribution >= 0.6 is 0 Å². The minimum absolute atomic E-state index is 0.0879. The van der Waals surface area contributed by atoms with E-state index in [4.69, 9.17) is 0 Å². The minimum atomic E-state index is -3.59. The highest BCUT2D eigenvalue weighted by Crippen LogP contribution is 2.17. The summed E-state index contributed by atoms with van der Waals surface area (Å²) >= 11 is 0. The molecule has 0 aromatic heterocycles. The van der Waals surface area contributed by atoms with Gasteiger partial charge in [-0.25, -0.2) is 13.2 Å². The second-order valence-electron chi connectivity index (χ2n) is 2.21. The quantitative estimate of drug-likeness (QED) is 0.547. The predicted octanol–water partition coefficient (Wildman–Crippen LogP) is 0.0670. The summed E-state index contributed by atoms with van der Waals surface area (Å²) < 4.78 is 26.9. The van der Waals surface area contributed by atoms with E-state index < -0.39 is 16.1 Å². The van der Waals surface area contributed by atoms with Crippen LogP contribution in [0.4, 0.5) is 4.79 Å². The van der Waals surface area contributed by atoms with Crippen LogP contribution in [0, 0.1) is 0 Å². The standard InChI is InChI=1S/C6H7NO4S/c1-3-5-4-11-6(8)7(5)12(2,9)10/h1,4H2,2H3. The summed E-state index contributed by atoms with van der Waals surface area (Å²) in [4.78, 5) is 10.8. The van der Waals surface area contributed by atoms with Crippen molar-refractivity contribution in [2.45, 2.75) is 0 Å². The first kappa shape index (κ1) is 8.83. The Balaban J connectivity index is 3.19. The smallest absolute Gasteiger partial charge is 0.429 e. The monoisotopic (exact) mass is 189 g/mol. The van der Waals surface area contributed by atoms with Gasteiger partial charge in [0.15, 0.2) is 0 Å². The molecular formula is C6H7NO4S. The van der Waals surface area contributed by atoms with E-state index in [9.17, 15) is 13.2 Å². The summed E-state index contributed by atoms with van der Waals surface area (Å²) in [6.07, 6.45) is 0.0142. The molecule has 0 aromatic rings. The lowest BCUT2D eigenvalue weighted by atomic mass is 10.5. The fraction of sp³-hybridized carbons (Fsp3) is 0.333. The maximum atomic E-state index is 10.9. The molecule has 1 amide bonds. The summed E-state index contributed by atoms with van der Waals surface area (Å²) in [6.45, 7) is 3.15. The molecule has 0 radical (unpaired) electrons. The SMILES string of the molecule is C=C=C1COC(=O)N1S(C)(=O)=O. The molecule has 1 aliphatic heterocycles. The van der Waals surface area contributed by atoms with Crippen LogP contribution in [0.25, 0.3) is 0 Å². The van der Waals surface area contributed by atoms with E-state index in [1.807, 2.05) is 0 Å². The highest BCUT2D eigenvalue weighted by molar-refractivity contribution is 7.89. The van der Waals surface area contributed by atoms with Gasteiger partial charge in [-0.05, 0) is 0 Å². The Morgan fingerprint density at radius 3 is 2.58 bits per heavy atom. The average Bonchev–Trinajstić information content (AvgIpc) is 2.29. The van der Waals surface area contributed by atoms with Crippen molar-refractivity contribution < 1.29 is 17.9 Å². The van der Waals surface area contributed by atoms with Gasteiger partial charge in [-0.2, -0.15) is 4.31 Å². The number of hydrogen-bond acceptors (Lipinski definition) is 4. The zero-order chi connectivity index (χ0) is 9.35. The summed E-state index contributed by atoms with van der Waals surface area (Å²) in [5.74, 6) is 0. The number of sulfonamides is 1. The largest absolute Gasteiger partial charge is 0.441 e. The third-order valence-electron chi connectivity index (χ3n) is 1.28. The third-order valence-corrected chi connectivity index (χ3v) is 2.31. The molecule has 66 valence electrons.